The number of nitrogens with zero attached hydrogens (tertiary/aromatic N) is 3. The molecule has 2 rings (SSSR count). The average Bonchev–Trinajstić information content (AvgIpc) is 2.44. The van der Waals surface area contributed by atoms with Crippen LogP contribution in [-0.2, 0) is 14.1 Å². The Balaban J connectivity index is 0. The predicted molar refractivity (Wildman–Crippen MR) is 56.2 cm³/mol. The van der Waals surface area contributed by atoms with Gasteiger partial charge in [0.05, 0.1) is 6.33 Å². The van der Waals surface area contributed by atoms with Crippen molar-refractivity contribution in [2.45, 2.75) is 0 Å². The summed E-state index contributed by atoms with van der Waals surface area (Å²) in [6.07, 6.45) is 1.50. The molecule has 2 heterocycles. The Morgan fingerprint density at radius 3 is 2.38 bits per heavy atom. The van der Waals surface area contributed by atoms with Crippen molar-refractivity contribution in [3.8, 4) is 0 Å². The number of aromatic amines is 1. The van der Waals surface area contributed by atoms with E-state index in [0.29, 0.717) is 11.2 Å². The molecule has 0 aliphatic rings. The number of hydrogen-bond acceptors (Lipinski definition) is 5. The number of hydrogen-bond donors (Lipinski definition) is 1. The summed E-state index contributed by atoms with van der Waals surface area (Å²) in [5.41, 5.74) is -0.0485. The van der Waals surface area contributed by atoms with Gasteiger partial charge in [0.25, 0.3) is 5.56 Å². The van der Waals surface area contributed by atoms with Crippen molar-refractivity contribution in [2.24, 2.45) is 14.1 Å². The van der Waals surface area contributed by atoms with Crippen LogP contribution < -0.4 is 11.2 Å². The number of imidazole rings is 1. The molecule has 84 valence electrons. The molecule has 0 bridgehead atoms. The summed E-state index contributed by atoms with van der Waals surface area (Å²) in [5.74, 6) is 0. The quantitative estimate of drug-likeness (QED) is 0.555. The van der Waals surface area contributed by atoms with Crippen LogP contribution in [0.15, 0.2) is 15.9 Å². The number of nitrogens with one attached hydrogen (secondary N) is 1. The normalized spacial score (nSPS) is 8.88. The molecule has 0 fully saturated rings. The first kappa shape index (κ1) is 17.7. The molecule has 8 nitrogen and oxygen atoms in total. The number of aromatic nitrogens is 4. The van der Waals surface area contributed by atoms with E-state index in [1.807, 2.05) is 0 Å². The third-order valence-corrected chi connectivity index (χ3v) is 1.98. The summed E-state index contributed by atoms with van der Waals surface area (Å²) < 4.78 is 2.88. The van der Waals surface area contributed by atoms with Gasteiger partial charge in [0, 0.05) is 14.1 Å². The van der Waals surface area contributed by atoms with E-state index in [1.165, 1.54) is 10.9 Å². The standard InChI is InChI=1S/C7H8N4O2.Ca.2H2O/c1-10-3-8-5-4(10)6(12)9-7(13)11(5)2;;;/h3H,1-2H3,(H,9,12,13);;2*1H2/q;+2;;/p-2. The molecule has 2 aromatic heterocycles. The van der Waals surface area contributed by atoms with E-state index in [-0.39, 0.29) is 48.7 Å². The van der Waals surface area contributed by atoms with Crippen LogP contribution in [0.1, 0.15) is 0 Å². The first-order chi connectivity index (χ1) is 6.11. The van der Waals surface area contributed by atoms with Crippen LogP contribution in [-0.4, -0.2) is 67.8 Å². The topological polar surface area (TPSA) is 133 Å². The molecule has 9 heteroatoms. The Kier molecular flexibility index (Phi) is 6.82. The fraction of sp³-hybridized carbons (Fsp3) is 0.286. The van der Waals surface area contributed by atoms with Gasteiger partial charge in [-0.2, -0.15) is 0 Å². The number of fused-ring (bicyclic) bond motifs is 1. The summed E-state index contributed by atoms with van der Waals surface area (Å²) in [6, 6.07) is 0. The zero-order chi connectivity index (χ0) is 9.59. The minimum absolute atomic E-state index is 0. The van der Waals surface area contributed by atoms with Crippen molar-refractivity contribution in [1.29, 1.82) is 0 Å². The molecule has 0 aromatic carbocycles. The third-order valence-electron chi connectivity index (χ3n) is 1.98. The maximum atomic E-state index is 11.3. The van der Waals surface area contributed by atoms with Crippen LogP contribution in [0.4, 0.5) is 0 Å². The Labute approximate surface area is 120 Å². The monoisotopic (exact) mass is 254 g/mol. The molecule has 2 aromatic rings. The fourth-order valence-corrected chi connectivity index (χ4v) is 1.26. The maximum Gasteiger partial charge on any atom is 2.00 e. The van der Waals surface area contributed by atoms with E-state index in [0.717, 1.165) is 0 Å². The van der Waals surface area contributed by atoms with Gasteiger partial charge < -0.3 is 15.5 Å². The number of aryl methyl sites for hydroxylation is 2. The van der Waals surface area contributed by atoms with E-state index >= 15 is 0 Å². The molecule has 0 aliphatic carbocycles. The van der Waals surface area contributed by atoms with Crippen molar-refractivity contribution in [3.63, 3.8) is 0 Å². The number of H-pyrrole nitrogens is 1. The fourth-order valence-electron chi connectivity index (χ4n) is 1.26. The Morgan fingerprint density at radius 2 is 1.81 bits per heavy atom. The van der Waals surface area contributed by atoms with Crippen LogP contribution in [0, 0.1) is 0 Å². The van der Waals surface area contributed by atoms with Crippen molar-refractivity contribution >= 4 is 48.9 Å². The molecule has 16 heavy (non-hydrogen) atoms. The van der Waals surface area contributed by atoms with Gasteiger partial charge in [0.2, 0.25) is 0 Å². The van der Waals surface area contributed by atoms with Gasteiger partial charge >= 0.3 is 43.4 Å². The summed E-state index contributed by atoms with van der Waals surface area (Å²) in [5, 5.41) is 0. The molecule has 0 radical (unpaired) electrons. The zero-order valence-electron chi connectivity index (χ0n) is 8.84. The molecular weight excluding hydrogens is 244 g/mol. The van der Waals surface area contributed by atoms with Crippen molar-refractivity contribution < 1.29 is 11.0 Å². The Hall–Kier alpha value is -0.670. The van der Waals surface area contributed by atoms with E-state index in [1.54, 1.807) is 18.7 Å². The molecule has 0 saturated carbocycles. The Morgan fingerprint density at radius 1 is 1.25 bits per heavy atom. The molecule has 0 aliphatic heterocycles. The second-order valence-corrected chi connectivity index (χ2v) is 2.85. The van der Waals surface area contributed by atoms with E-state index in [4.69, 9.17) is 0 Å². The van der Waals surface area contributed by atoms with Gasteiger partial charge in [-0.1, -0.05) is 0 Å². The summed E-state index contributed by atoms with van der Waals surface area (Å²) in [7, 11) is 3.27. The largest absolute Gasteiger partial charge is 2.00 e. The predicted octanol–water partition coefficient (Wildman–Crippen LogP) is -1.77. The molecule has 0 unspecified atom stereocenters. The minimum Gasteiger partial charge on any atom is -0.870 e. The SMILES string of the molecule is Cn1cnc2c1c(=O)[nH]c(=O)n2C.[Ca+2].[OH-].[OH-]. The van der Waals surface area contributed by atoms with Gasteiger partial charge in [-0.3, -0.25) is 14.3 Å². The smallest absolute Gasteiger partial charge is 0.870 e. The second kappa shape index (κ2) is 6.16. The molecule has 0 atom stereocenters. The van der Waals surface area contributed by atoms with Crippen molar-refractivity contribution in [1.82, 2.24) is 19.1 Å². The summed E-state index contributed by atoms with van der Waals surface area (Å²) in [6.45, 7) is 0. The summed E-state index contributed by atoms with van der Waals surface area (Å²) in [4.78, 5) is 28.6. The van der Waals surface area contributed by atoms with E-state index < -0.39 is 11.2 Å². The molecule has 0 saturated heterocycles. The summed E-state index contributed by atoms with van der Waals surface area (Å²) >= 11 is 0. The average molecular weight is 254 g/mol. The molecule has 0 spiro atoms. The van der Waals surface area contributed by atoms with Gasteiger partial charge in [-0.15, -0.1) is 0 Å². The van der Waals surface area contributed by atoms with Crippen LogP contribution >= 0.6 is 0 Å². The molecular formula is C7H10CaN4O4. The second-order valence-electron chi connectivity index (χ2n) is 2.85. The molecule has 3 N–H and O–H groups in total. The minimum atomic E-state index is -0.448. The van der Waals surface area contributed by atoms with Crippen LogP contribution in [0.5, 0.6) is 0 Å². The zero-order valence-corrected chi connectivity index (χ0v) is 11.0. The van der Waals surface area contributed by atoms with Gasteiger partial charge in [0.15, 0.2) is 11.2 Å². The first-order valence-corrected chi connectivity index (χ1v) is 3.71. The van der Waals surface area contributed by atoms with Crippen LogP contribution in [0.3, 0.4) is 0 Å². The van der Waals surface area contributed by atoms with Crippen molar-refractivity contribution in [2.75, 3.05) is 0 Å². The Bertz CT molecular complexity index is 584. The van der Waals surface area contributed by atoms with Gasteiger partial charge in [-0.05, 0) is 0 Å². The van der Waals surface area contributed by atoms with E-state index in [2.05, 4.69) is 9.97 Å². The van der Waals surface area contributed by atoms with E-state index in [9.17, 15) is 9.59 Å². The van der Waals surface area contributed by atoms with Gasteiger partial charge in [0.1, 0.15) is 0 Å². The third kappa shape index (κ3) is 2.52. The van der Waals surface area contributed by atoms with Crippen LogP contribution in [0.25, 0.3) is 11.2 Å². The first-order valence-electron chi connectivity index (χ1n) is 3.71. The van der Waals surface area contributed by atoms with Gasteiger partial charge in [-0.25, -0.2) is 9.78 Å². The van der Waals surface area contributed by atoms with Crippen LogP contribution in [0.2, 0.25) is 0 Å². The maximum absolute atomic E-state index is 11.3. The van der Waals surface area contributed by atoms with Crippen molar-refractivity contribution in [3.05, 3.63) is 27.2 Å². The molecule has 0 amide bonds. The number of rotatable bonds is 0.